The average molecular weight is 408 g/mol. The number of amides is 1. The Labute approximate surface area is 169 Å². The highest BCUT2D eigenvalue weighted by Gasteiger charge is 2.19. The minimum Gasteiger partial charge on any atom is -0.356 e. The highest BCUT2D eigenvalue weighted by molar-refractivity contribution is 6.33. The largest absolute Gasteiger partial charge is 0.356 e. The highest BCUT2D eigenvalue weighted by atomic mass is 35.5. The second kappa shape index (κ2) is 9.35. The zero-order valence-electron chi connectivity index (χ0n) is 15.3. The first-order valence-corrected chi connectivity index (χ1v) is 9.75. The van der Waals surface area contributed by atoms with Gasteiger partial charge in [0.2, 0.25) is 11.9 Å². The summed E-state index contributed by atoms with van der Waals surface area (Å²) in [5, 5.41) is 3.55. The molecule has 144 valence electrons. The van der Waals surface area contributed by atoms with Crippen molar-refractivity contribution >= 4 is 35.1 Å². The minimum atomic E-state index is 0.0104. The van der Waals surface area contributed by atoms with Crippen LogP contribution in [0.2, 0.25) is 10.3 Å². The van der Waals surface area contributed by atoms with Gasteiger partial charge in [0.1, 0.15) is 10.3 Å². The van der Waals surface area contributed by atoms with Crippen molar-refractivity contribution in [1.82, 2.24) is 20.2 Å². The summed E-state index contributed by atoms with van der Waals surface area (Å²) in [4.78, 5) is 24.0. The van der Waals surface area contributed by atoms with Gasteiger partial charge in [0.25, 0.3) is 0 Å². The maximum atomic E-state index is 10.9. The van der Waals surface area contributed by atoms with E-state index in [1.54, 1.807) is 6.07 Å². The standard InChI is InChI=1S/C19H23Cl2N5O/c1-14(27)22-7-6-15-2-4-16(5-3-15)13-25-8-10-26(11-9-25)19-23-17(20)12-18(21)24-19/h2-5,12H,6-11,13H2,1H3,(H,22,27). The summed E-state index contributed by atoms with van der Waals surface area (Å²) >= 11 is 11.9. The fourth-order valence-electron chi connectivity index (χ4n) is 3.08. The molecule has 27 heavy (non-hydrogen) atoms. The third-order valence-electron chi connectivity index (χ3n) is 4.52. The smallest absolute Gasteiger partial charge is 0.228 e. The molecule has 1 amide bonds. The Morgan fingerprint density at radius 1 is 1.04 bits per heavy atom. The van der Waals surface area contributed by atoms with Crippen molar-refractivity contribution in [2.24, 2.45) is 0 Å². The van der Waals surface area contributed by atoms with Gasteiger partial charge in [0.15, 0.2) is 0 Å². The minimum absolute atomic E-state index is 0.0104. The second-order valence-electron chi connectivity index (χ2n) is 6.63. The zero-order chi connectivity index (χ0) is 19.2. The van der Waals surface area contributed by atoms with Gasteiger partial charge in [-0.2, -0.15) is 0 Å². The summed E-state index contributed by atoms with van der Waals surface area (Å²) in [6, 6.07) is 10.1. The number of carbonyl (C=O) groups excluding carboxylic acids is 1. The van der Waals surface area contributed by atoms with Crippen molar-refractivity contribution in [2.45, 2.75) is 19.9 Å². The van der Waals surface area contributed by atoms with Crippen LogP contribution < -0.4 is 10.2 Å². The molecule has 0 radical (unpaired) electrons. The van der Waals surface area contributed by atoms with Crippen LogP contribution >= 0.6 is 23.2 Å². The molecule has 0 spiro atoms. The van der Waals surface area contributed by atoms with E-state index in [9.17, 15) is 4.79 Å². The molecule has 0 unspecified atom stereocenters. The molecule has 2 heterocycles. The number of hydrogen-bond donors (Lipinski definition) is 1. The summed E-state index contributed by atoms with van der Waals surface area (Å²) in [5.74, 6) is 0.604. The van der Waals surface area contributed by atoms with E-state index < -0.39 is 0 Å². The van der Waals surface area contributed by atoms with Crippen LogP contribution in [-0.2, 0) is 17.8 Å². The highest BCUT2D eigenvalue weighted by Crippen LogP contribution is 2.19. The first-order chi connectivity index (χ1) is 13.0. The van der Waals surface area contributed by atoms with Crippen LogP contribution in [0.25, 0.3) is 0 Å². The van der Waals surface area contributed by atoms with Crippen LogP contribution in [0, 0.1) is 0 Å². The van der Waals surface area contributed by atoms with Crippen molar-refractivity contribution in [3.05, 3.63) is 51.8 Å². The molecule has 2 aromatic rings. The summed E-state index contributed by atoms with van der Waals surface area (Å²) in [6.45, 7) is 6.66. The van der Waals surface area contributed by atoms with E-state index >= 15 is 0 Å². The third kappa shape index (κ3) is 6.06. The summed E-state index contributed by atoms with van der Waals surface area (Å²) in [7, 11) is 0. The molecule has 1 aliphatic rings. The van der Waals surface area contributed by atoms with Gasteiger partial charge in [0.05, 0.1) is 0 Å². The number of carbonyl (C=O) groups is 1. The maximum absolute atomic E-state index is 10.9. The lowest BCUT2D eigenvalue weighted by molar-refractivity contribution is -0.118. The molecule has 0 bridgehead atoms. The Balaban J connectivity index is 1.48. The molecule has 3 rings (SSSR count). The van der Waals surface area contributed by atoms with Gasteiger partial charge in [-0.05, 0) is 17.5 Å². The SMILES string of the molecule is CC(=O)NCCc1ccc(CN2CCN(c3nc(Cl)cc(Cl)n3)CC2)cc1. The van der Waals surface area contributed by atoms with Crippen LogP contribution in [-0.4, -0.2) is 53.5 Å². The summed E-state index contributed by atoms with van der Waals surface area (Å²) in [5.41, 5.74) is 2.51. The number of rotatable bonds is 6. The van der Waals surface area contributed by atoms with Crippen molar-refractivity contribution in [3.63, 3.8) is 0 Å². The lowest BCUT2D eigenvalue weighted by Gasteiger charge is -2.34. The Kier molecular flexibility index (Phi) is 6.88. The monoisotopic (exact) mass is 407 g/mol. The van der Waals surface area contributed by atoms with E-state index in [0.29, 0.717) is 22.8 Å². The van der Waals surface area contributed by atoms with Crippen molar-refractivity contribution in [1.29, 1.82) is 0 Å². The molecule has 1 aliphatic heterocycles. The predicted octanol–water partition coefficient (Wildman–Crippen LogP) is 2.78. The van der Waals surface area contributed by atoms with Crippen LogP contribution in [0.5, 0.6) is 0 Å². The molecule has 0 atom stereocenters. The van der Waals surface area contributed by atoms with Gasteiger partial charge in [0, 0.05) is 52.3 Å². The molecular weight excluding hydrogens is 385 g/mol. The number of nitrogens with one attached hydrogen (secondary N) is 1. The fourth-order valence-corrected chi connectivity index (χ4v) is 3.49. The van der Waals surface area contributed by atoms with E-state index in [4.69, 9.17) is 23.2 Å². The molecule has 1 saturated heterocycles. The van der Waals surface area contributed by atoms with Crippen molar-refractivity contribution in [3.8, 4) is 0 Å². The first kappa shape index (κ1) is 19.9. The molecule has 0 aliphatic carbocycles. The van der Waals surface area contributed by atoms with Crippen LogP contribution in [0.1, 0.15) is 18.1 Å². The average Bonchev–Trinajstić information content (AvgIpc) is 2.63. The third-order valence-corrected chi connectivity index (χ3v) is 4.91. The van der Waals surface area contributed by atoms with Crippen molar-refractivity contribution < 1.29 is 4.79 Å². The summed E-state index contributed by atoms with van der Waals surface area (Å²) in [6.07, 6.45) is 0.848. The number of halogens is 2. The summed E-state index contributed by atoms with van der Waals surface area (Å²) < 4.78 is 0. The lowest BCUT2D eigenvalue weighted by atomic mass is 10.1. The van der Waals surface area contributed by atoms with Gasteiger partial charge >= 0.3 is 0 Å². The number of anilines is 1. The Hall–Kier alpha value is -1.89. The van der Waals surface area contributed by atoms with Gasteiger partial charge in [-0.1, -0.05) is 47.5 Å². The topological polar surface area (TPSA) is 61.4 Å². The molecule has 1 aromatic heterocycles. The second-order valence-corrected chi connectivity index (χ2v) is 7.40. The Bertz CT molecular complexity index is 756. The molecule has 1 aromatic carbocycles. The number of hydrogen-bond acceptors (Lipinski definition) is 5. The molecule has 6 nitrogen and oxygen atoms in total. The normalized spacial score (nSPS) is 15.0. The van der Waals surface area contributed by atoms with Gasteiger partial charge < -0.3 is 10.2 Å². The molecular formula is C19H23Cl2N5O. The number of benzene rings is 1. The van der Waals surface area contributed by atoms with Gasteiger partial charge in [-0.3, -0.25) is 9.69 Å². The van der Waals surface area contributed by atoms with E-state index in [-0.39, 0.29) is 5.91 Å². The van der Waals surface area contributed by atoms with E-state index in [1.807, 2.05) is 0 Å². The van der Waals surface area contributed by atoms with Crippen LogP contribution in [0.4, 0.5) is 5.95 Å². The molecule has 1 fully saturated rings. The molecule has 0 saturated carbocycles. The van der Waals surface area contributed by atoms with E-state index in [0.717, 1.165) is 39.1 Å². The molecule has 8 heteroatoms. The van der Waals surface area contributed by atoms with Gasteiger partial charge in [-0.15, -0.1) is 0 Å². The van der Waals surface area contributed by atoms with Crippen LogP contribution in [0.3, 0.4) is 0 Å². The van der Waals surface area contributed by atoms with Crippen molar-refractivity contribution in [2.75, 3.05) is 37.6 Å². The quantitative estimate of drug-likeness (QED) is 0.745. The lowest BCUT2D eigenvalue weighted by Crippen LogP contribution is -2.46. The number of aromatic nitrogens is 2. The van der Waals surface area contributed by atoms with Gasteiger partial charge in [-0.25, -0.2) is 9.97 Å². The number of nitrogens with zero attached hydrogens (tertiary/aromatic N) is 4. The first-order valence-electron chi connectivity index (χ1n) is 8.99. The molecule has 1 N–H and O–H groups in total. The zero-order valence-corrected chi connectivity index (χ0v) is 16.8. The number of piperazine rings is 1. The maximum Gasteiger partial charge on any atom is 0.228 e. The Morgan fingerprint density at radius 2 is 1.63 bits per heavy atom. The van der Waals surface area contributed by atoms with E-state index in [2.05, 4.69) is 49.4 Å². The Morgan fingerprint density at radius 3 is 2.22 bits per heavy atom. The van der Waals surface area contributed by atoms with E-state index in [1.165, 1.54) is 18.1 Å². The van der Waals surface area contributed by atoms with Crippen LogP contribution in [0.15, 0.2) is 30.3 Å². The fraction of sp³-hybridized carbons (Fsp3) is 0.421. The predicted molar refractivity (Wildman–Crippen MR) is 108 cm³/mol.